The van der Waals surface area contributed by atoms with E-state index in [4.69, 9.17) is 14.3 Å². The maximum Gasteiger partial charge on any atom is 0.360 e. The van der Waals surface area contributed by atoms with Gasteiger partial charge in [0.2, 0.25) is 0 Å². The van der Waals surface area contributed by atoms with E-state index in [0.717, 1.165) is 5.56 Å². The van der Waals surface area contributed by atoms with Crippen molar-refractivity contribution in [3.63, 3.8) is 0 Å². The summed E-state index contributed by atoms with van der Waals surface area (Å²) in [4.78, 5) is 16.6. The molecule has 5 heteroatoms. The predicted octanol–water partition coefficient (Wildman–Crippen LogP) is 3.31. The fraction of sp³-hybridized carbons (Fsp3) is 0.176. The van der Waals surface area contributed by atoms with Crippen LogP contribution in [0.5, 0.6) is 11.5 Å². The first-order chi connectivity index (χ1) is 10.7. The molecule has 2 rings (SSSR count). The van der Waals surface area contributed by atoms with E-state index < -0.39 is 5.97 Å². The second kappa shape index (κ2) is 7.26. The number of esters is 1. The van der Waals surface area contributed by atoms with Crippen LogP contribution in [0.4, 0.5) is 0 Å². The average Bonchev–Trinajstić information content (AvgIpc) is 2.55. The van der Waals surface area contributed by atoms with Crippen molar-refractivity contribution in [3.8, 4) is 11.5 Å². The lowest BCUT2D eigenvalue weighted by atomic mass is 10.1. The van der Waals surface area contributed by atoms with Gasteiger partial charge in [-0.3, -0.25) is 0 Å². The van der Waals surface area contributed by atoms with E-state index in [-0.39, 0.29) is 5.71 Å². The zero-order valence-electron chi connectivity index (χ0n) is 12.7. The Labute approximate surface area is 129 Å². The van der Waals surface area contributed by atoms with Gasteiger partial charge in [0.05, 0.1) is 12.7 Å². The molecular formula is C17H17NO4. The number of carbonyl (C=O) groups is 1. The summed E-state index contributed by atoms with van der Waals surface area (Å²) in [5.74, 6) is 0.564. The molecule has 0 N–H and O–H groups in total. The van der Waals surface area contributed by atoms with Gasteiger partial charge in [0, 0.05) is 0 Å². The molecule has 0 saturated carbocycles. The first-order valence-electron chi connectivity index (χ1n) is 6.69. The van der Waals surface area contributed by atoms with Gasteiger partial charge in [-0.1, -0.05) is 35.0 Å². The number of oxime groups is 1. The quantitative estimate of drug-likeness (QED) is 0.483. The summed E-state index contributed by atoms with van der Waals surface area (Å²) >= 11 is 0. The Bertz CT molecular complexity index is 677. The summed E-state index contributed by atoms with van der Waals surface area (Å²) in [6.07, 6.45) is 0. The van der Waals surface area contributed by atoms with E-state index in [9.17, 15) is 4.79 Å². The Morgan fingerprint density at radius 3 is 2.32 bits per heavy atom. The van der Waals surface area contributed by atoms with E-state index >= 15 is 0 Å². The minimum Gasteiger partial charge on any atom is -0.464 e. The molecule has 0 spiro atoms. The Balaban J connectivity index is 2.39. The normalized spacial score (nSPS) is 11.0. The number of methoxy groups -OCH3 is 1. The number of aryl methyl sites for hydroxylation is 1. The molecule has 2 aromatic rings. The van der Waals surface area contributed by atoms with Crippen LogP contribution in [-0.4, -0.2) is 25.9 Å². The van der Waals surface area contributed by atoms with Crippen molar-refractivity contribution in [1.29, 1.82) is 0 Å². The Hall–Kier alpha value is -2.82. The largest absolute Gasteiger partial charge is 0.464 e. The second-order valence-corrected chi connectivity index (χ2v) is 4.53. The van der Waals surface area contributed by atoms with Crippen molar-refractivity contribution in [1.82, 2.24) is 0 Å². The molecule has 0 saturated heterocycles. The molecular weight excluding hydrogens is 282 g/mol. The monoisotopic (exact) mass is 299 g/mol. The fourth-order valence-electron chi connectivity index (χ4n) is 1.87. The molecule has 5 nitrogen and oxygen atoms in total. The van der Waals surface area contributed by atoms with Crippen molar-refractivity contribution in [2.24, 2.45) is 5.16 Å². The Morgan fingerprint density at radius 2 is 1.68 bits per heavy atom. The molecule has 22 heavy (non-hydrogen) atoms. The number of hydrogen-bond donors (Lipinski definition) is 0. The Kier molecular flexibility index (Phi) is 5.14. The van der Waals surface area contributed by atoms with Gasteiger partial charge >= 0.3 is 5.97 Å². The zero-order chi connectivity index (χ0) is 15.9. The molecule has 0 heterocycles. The van der Waals surface area contributed by atoms with Crippen LogP contribution in [0.25, 0.3) is 0 Å². The van der Waals surface area contributed by atoms with E-state index in [0.29, 0.717) is 17.1 Å². The lowest BCUT2D eigenvalue weighted by Gasteiger charge is -2.11. The van der Waals surface area contributed by atoms with Gasteiger partial charge in [-0.25, -0.2) is 4.79 Å². The average molecular weight is 299 g/mol. The predicted molar refractivity (Wildman–Crippen MR) is 83.3 cm³/mol. The Morgan fingerprint density at radius 1 is 1.00 bits per heavy atom. The number of benzene rings is 2. The number of carbonyl (C=O) groups excluding carboxylic acids is 1. The first kappa shape index (κ1) is 15.6. The number of nitrogens with zero attached hydrogens (tertiary/aromatic N) is 1. The standard InChI is InChI=1S/C17H17NO4/c1-12-8-10-13(11-9-12)22-15-7-5-4-6-14(15)16(18-21-3)17(19)20-2/h4-11H,1-3H3. The third-order valence-electron chi connectivity index (χ3n) is 2.95. The van der Waals surface area contributed by atoms with Crippen LogP contribution < -0.4 is 4.74 Å². The van der Waals surface area contributed by atoms with Gasteiger partial charge in [-0.15, -0.1) is 0 Å². The second-order valence-electron chi connectivity index (χ2n) is 4.53. The van der Waals surface area contributed by atoms with Gasteiger partial charge < -0.3 is 14.3 Å². The third-order valence-corrected chi connectivity index (χ3v) is 2.95. The van der Waals surface area contributed by atoms with Crippen LogP contribution in [0.2, 0.25) is 0 Å². The van der Waals surface area contributed by atoms with Crippen LogP contribution in [0.15, 0.2) is 53.7 Å². The number of hydrogen-bond acceptors (Lipinski definition) is 5. The molecule has 0 atom stereocenters. The van der Waals surface area contributed by atoms with E-state index in [2.05, 4.69) is 5.16 Å². The highest BCUT2D eigenvalue weighted by atomic mass is 16.6. The molecule has 0 bridgehead atoms. The van der Waals surface area contributed by atoms with Crippen LogP contribution in [0.3, 0.4) is 0 Å². The molecule has 0 aliphatic heterocycles. The highest BCUT2D eigenvalue weighted by Crippen LogP contribution is 2.26. The van der Waals surface area contributed by atoms with Crippen molar-refractivity contribution < 1.29 is 19.1 Å². The highest BCUT2D eigenvalue weighted by molar-refractivity contribution is 6.43. The SMILES string of the molecule is CON=C(C(=O)OC)c1ccccc1Oc1ccc(C)cc1. The summed E-state index contributed by atoms with van der Waals surface area (Å²) in [5.41, 5.74) is 1.68. The van der Waals surface area contributed by atoms with Crippen LogP contribution in [0, 0.1) is 6.92 Å². The zero-order valence-corrected chi connectivity index (χ0v) is 12.7. The fourth-order valence-corrected chi connectivity index (χ4v) is 1.87. The van der Waals surface area contributed by atoms with Crippen LogP contribution in [0.1, 0.15) is 11.1 Å². The molecule has 0 unspecified atom stereocenters. The molecule has 0 aliphatic rings. The summed E-state index contributed by atoms with van der Waals surface area (Å²) in [5, 5.41) is 3.74. The maximum atomic E-state index is 11.9. The van der Waals surface area contributed by atoms with Gasteiger partial charge in [0.25, 0.3) is 0 Å². The highest BCUT2D eigenvalue weighted by Gasteiger charge is 2.20. The van der Waals surface area contributed by atoms with Gasteiger partial charge in [-0.2, -0.15) is 0 Å². The van der Waals surface area contributed by atoms with Gasteiger partial charge in [0.1, 0.15) is 18.6 Å². The van der Waals surface area contributed by atoms with Crippen molar-refractivity contribution in [3.05, 3.63) is 59.7 Å². The third kappa shape index (κ3) is 3.63. The first-order valence-corrected chi connectivity index (χ1v) is 6.69. The number of ether oxygens (including phenoxy) is 2. The van der Waals surface area contributed by atoms with E-state index in [1.54, 1.807) is 18.2 Å². The van der Waals surface area contributed by atoms with E-state index in [1.165, 1.54) is 14.2 Å². The number of rotatable bonds is 5. The molecule has 0 radical (unpaired) electrons. The molecule has 2 aromatic carbocycles. The minimum atomic E-state index is -0.596. The smallest absolute Gasteiger partial charge is 0.360 e. The van der Waals surface area contributed by atoms with Crippen molar-refractivity contribution in [2.45, 2.75) is 6.92 Å². The molecule has 0 aromatic heterocycles. The van der Waals surface area contributed by atoms with Crippen LogP contribution in [-0.2, 0) is 14.4 Å². The van der Waals surface area contributed by atoms with E-state index in [1.807, 2.05) is 37.3 Å². The molecule has 114 valence electrons. The maximum absolute atomic E-state index is 11.9. The van der Waals surface area contributed by atoms with Gasteiger partial charge in [-0.05, 0) is 31.2 Å². The molecule has 0 amide bonds. The lowest BCUT2D eigenvalue weighted by Crippen LogP contribution is -2.18. The number of para-hydroxylation sites is 1. The van der Waals surface area contributed by atoms with Crippen molar-refractivity contribution >= 4 is 11.7 Å². The summed E-state index contributed by atoms with van der Waals surface area (Å²) in [6, 6.07) is 14.7. The van der Waals surface area contributed by atoms with Crippen molar-refractivity contribution in [2.75, 3.05) is 14.2 Å². The minimum absolute atomic E-state index is 0.0488. The molecule has 0 aliphatic carbocycles. The lowest BCUT2D eigenvalue weighted by molar-refractivity contribution is -0.132. The van der Waals surface area contributed by atoms with Crippen LogP contribution >= 0.6 is 0 Å². The summed E-state index contributed by atoms with van der Waals surface area (Å²) in [7, 11) is 2.66. The topological polar surface area (TPSA) is 57.1 Å². The summed E-state index contributed by atoms with van der Waals surface area (Å²) in [6.45, 7) is 2.00. The van der Waals surface area contributed by atoms with Gasteiger partial charge in [0.15, 0.2) is 5.71 Å². The molecule has 0 fully saturated rings. The summed E-state index contributed by atoms with van der Waals surface area (Å²) < 4.78 is 10.6.